The van der Waals surface area contributed by atoms with Gasteiger partial charge in [0, 0.05) is 0 Å². The van der Waals surface area contributed by atoms with E-state index in [1.54, 1.807) is 6.92 Å². The van der Waals surface area contributed by atoms with Gasteiger partial charge in [0.25, 0.3) is 0 Å². The Morgan fingerprint density at radius 2 is 1.76 bits per heavy atom. The van der Waals surface area contributed by atoms with Crippen LogP contribution in [0.2, 0.25) is 0 Å². The Balaban J connectivity index is 4.78. The van der Waals surface area contributed by atoms with Crippen LogP contribution < -0.4 is 11.1 Å². The Morgan fingerprint density at radius 3 is 2.06 bits per heavy atom. The van der Waals surface area contributed by atoms with Crippen LogP contribution in [0.25, 0.3) is 0 Å². The van der Waals surface area contributed by atoms with E-state index in [2.05, 4.69) is 5.32 Å². The minimum atomic E-state index is -1.01. The second kappa shape index (κ2) is 6.59. The van der Waals surface area contributed by atoms with Gasteiger partial charge in [0.1, 0.15) is 6.04 Å². The van der Waals surface area contributed by atoms with Gasteiger partial charge < -0.3 is 16.2 Å². The minimum absolute atomic E-state index is 0.116. The summed E-state index contributed by atoms with van der Waals surface area (Å²) in [6.45, 7) is 7.33. The predicted molar refractivity (Wildman–Crippen MR) is 66.5 cm³/mol. The molecule has 5 heteroatoms. The average molecular weight is 244 g/mol. The number of rotatable bonds is 7. The van der Waals surface area contributed by atoms with Gasteiger partial charge in [0.15, 0.2) is 0 Å². The van der Waals surface area contributed by atoms with Crippen LogP contribution in [0.1, 0.15) is 47.0 Å². The van der Waals surface area contributed by atoms with E-state index in [-0.39, 0.29) is 11.8 Å². The zero-order valence-corrected chi connectivity index (χ0v) is 11.1. The van der Waals surface area contributed by atoms with Crippen molar-refractivity contribution in [2.45, 2.75) is 58.5 Å². The topological polar surface area (TPSA) is 92.4 Å². The van der Waals surface area contributed by atoms with E-state index in [4.69, 9.17) is 10.8 Å². The molecule has 0 aliphatic rings. The molecule has 0 aliphatic heterocycles. The molecule has 0 aromatic rings. The fraction of sp³-hybridized carbons (Fsp3) is 0.833. The molecule has 17 heavy (non-hydrogen) atoms. The van der Waals surface area contributed by atoms with Gasteiger partial charge in [-0.3, -0.25) is 4.79 Å². The lowest BCUT2D eigenvalue weighted by Gasteiger charge is -2.29. The molecular weight excluding hydrogens is 220 g/mol. The molecule has 0 saturated heterocycles. The highest BCUT2D eigenvalue weighted by molar-refractivity contribution is 5.90. The average Bonchev–Trinajstić information content (AvgIpc) is 2.33. The summed E-state index contributed by atoms with van der Waals surface area (Å²) in [5.74, 6) is -1.51. The third-order valence-electron chi connectivity index (χ3n) is 3.48. The van der Waals surface area contributed by atoms with Crippen molar-refractivity contribution in [3.8, 4) is 0 Å². The Kier molecular flexibility index (Phi) is 6.16. The van der Waals surface area contributed by atoms with Gasteiger partial charge >= 0.3 is 5.97 Å². The Morgan fingerprint density at radius 1 is 1.29 bits per heavy atom. The number of carboxylic acid groups (broad SMARTS) is 1. The van der Waals surface area contributed by atoms with Gasteiger partial charge in [-0.1, -0.05) is 34.1 Å². The normalized spacial score (nSPS) is 15.1. The fourth-order valence-electron chi connectivity index (χ4n) is 1.54. The van der Waals surface area contributed by atoms with E-state index in [9.17, 15) is 9.59 Å². The molecule has 0 saturated carbocycles. The summed E-state index contributed by atoms with van der Waals surface area (Å²) < 4.78 is 0. The van der Waals surface area contributed by atoms with Crippen molar-refractivity contribution in [3.63, 3.8) is 0 Å². The summed E-state index contributed by atoms with van der Waals surface area (Å²) in [4.78, 5) is 23.0. The number of nitrogens with one attached hydrogen (secondary N) is 1. The lowest BCUT2D eigenvalue weighted by molar-refractivity contribution is -0.144. The summed E-state index contributed by atoms with van der Waals surface area (Å²) in [5.41, 5.74) is 4.95. The first-order valence-electron chi connectivity index (χ1n) is 6.15. The molecule has 0 spiro atoms. The number of hydrogen-bond donors (Lipinski definition) is 3. The summed E-state index contributed by atoms with van der Waals surface area (Å²) in [6.07, 6.45) is 1.66. The second-order valence-corrected chi connectivity index (χ2v) is 4.54. The molecule has 100 valence electrons. The van der Waals surface area contributed by atoms with Gasteiger partial charge in [-0.15, -0.1) is 0 Å². The molecule has 0 radical (unpaired) electrons. The van der Waals surface area contributed by atoms with Crippen molar-refractivity contribution in [2.75, 3.05) is 0 Å². The maximum atomic E-state index is 12.0. The standard InChI is InChI=1S/C12H24N2O3/c1-5-8(4)9(10(15)16)14-11(17)12(13,6-2)7-3/h8-9H,5-7,13H2,1-4H3,(H,14,17)(H,15,16)/t8-,9-/m0/s1. The molecule has 0 unspecified atom stereocenters. The molecule has 0 fully saturated rings. The zero-order chi connectivity index (χ0) is 13.6. The zero-order valence-electron chi connectivity index (χ0n) is 11.1. The SMILES string of the molecule is CC[C@H](C)[C@H](NC(=O)C(N)(CC)CC)C(=O)O. The number of carbonyl (C=O) groups is 2. The minimum Gasteiger partial charge on any atom is -0.480 e. The van der Waals surface area contributed by atoms with Crippen LogP contribution >= 0.6 is 0 Å². The summed E-state index contributed by atoms with van der Waals surface area (Å²) in [5, 5.41) is 11.6. The highest BCUT2D eigenvalue weighted by Crippen LogP contribution is 2.14. The van der Waals surface area contributed by atoms with Crippen LogP contribution in [0.15, 0.2) is 0 Å². The first-order chi connectivity index (χ1) is 7.82. The van der Waals surface area contributed by atoms with Crippen molar-refractivity contribution in [1.82, 2.24) is 5.32 Å². The first kappa shape index (κ1) is 15.9. The monoisotopic (exact) mass is 244 g/mol. The number of aliphatic carboxylic acids is 1. The number of amides is 1. The molecule has 5 nitrogen and oxygen atoms in total. The highest BCUT2D eigenvalue weighted by atomic mass is 16.4. The molecule has 0 heterocycles. The fourth-order valence-corrected chi connectivity index (χ4v) is 1.54. The molecule has 0 bridgehead atoms. The molecule has 0 aromatic heterocycles. The number of carboxylic acids is 1. The summed E-state index contributed by atoms with van der Waals surface area (Å²) in [7, 11) is 0. The van der Waals surface area contributed by atoms with E-state index in [0.717, 1.165) is 0 Å². The van der Waals surface area contributed by atoms with Crippen molar-refractivity contribution in [1.29, 1.82) is 0 Å². The van der Waals surface area contributed by atoms with Crippen LogP contribution in [-0.4, -0.2) is 28.6 Å². The van der Waals surface area contributed by atoms with Gasteiger partial charge in [-0.05, 0) is 18.8 Å². The summed E-state index contributed by atoms with van der Waals surface area (Å²) in [6, 6.07) is -0.867. The van der Waals surface area contributed by atoms with E-state index in [1.165, 1.54) is 0 Å². The van der Waals surface area contributed by atoms with Crippen LogP contribution in [-0.2, 0) is 9.59 Å². The maximum Gasteiger partial charge on any atom is 0.326 e. The predicted octanol–water partition coefficient (Wildman–Crippen LogP) is 1.12. The number of carbonyl (C=O) groups excluding carboxylic acids is 1. The lowest BCUT2D eigenvalue weighted by Crippen LogP contribution is -2.58. The van der Waals surface area contributed by atoms with Crippen molar-refractivity contribution >= 4 is 11.9 Å². The van der Waals surface area contributed by atoms with Crippen LogP contribution in [0.3, 0.4) is 0 Å². The smallest absolute Gasteiger partial charge is 0.326 e. The van der Waals surface area contributed by atoms with Gasteiger partial charge in [-0.25, -0.2) is 4.79 Å². The second-order valence-electron chi connectivity index (χ2n) is 4.54. The maximum absolute atomic E-state index is 12.0. The largest absolute Gasteiger partial charge is 0.480 e. The Hall–Kier alpha value is -1.10. The summed E-state index contributed by atoms with van der Waals surface area (Å²) >= 11 is 0. The molecule has 0 aromatic carbocycles. The van der Waals surface area contributed by atoms with Gasteiger partial charge in [0.2, 0.25) is 5.91 Å². The van der Waals surface area contributed by atoms with Crippen molar-refractivity contribution in [3.05, 3.63) is 0 Å². The van der Waals surface area contributed by atoms with E-state index < -0.39 is 17.6 Å². The van der Waals surface area contributed by atoms with Gasteiger partial charge in [-0.2, -0.15) is 0 Å². The van der Waals surface area contributed by atoms with Crippen LogP contribution in [0.5, 0.6) is 0 Å². The molecule has 1 amide bonds. The number of nitrogens with two attached hydrogens (primary N) is 1. The molecule has 0 aliphatic carbocycles. The van der Waals surface area contributed by atoms with Crippen molar-refractivity contribution < 1.29 is 14.7 Å². The lowest BCUT2D eigenvalue weighted by atomic mass is 9.91. The van der Waals surface area contributed by atoms with E-state index >= 15 is 0 Å². The van der Waals surface area contributed by atoms with Gasteiger partial charge in [0.05, 0.1) is 5.54 Å². The molecule has 2 atom stereocenters. The molecule has 0 rings (SSSR count). The third kappa shape index (κ3) is 4.00. The van der Waals surface area contributed by atoms with E-state index in [0.29, 0.717) is 19.3 Å². The van der Waals surface area contributed by atoms with Crippen molar-refractivity contribution in [2.24, 2.45) is 11.7 Å². The Bertz CT molecular complexity index is 275. The van der Waals surface area contributed by atoms with E-state index in [1.807, 2.05) is 20.8 Å². The molecular formula is C12H24N2O3. The third-order valence-corrected chi connectivity index (χ3v) is 3.48. The first-order valence-corrected chi connectivity index (χ1v) is 6.15. The van der Waals surface area contributed by atoms with Crippen LogP contribution in [0, 0.1) is 5.92 Å². The Labute approximate surface area is 103 Å². The number of hydrogen-bond acceptors (Lipinski definition) is 3. The van der Waals surface area contributed by atoms with Crippen LogP contribution in [0.4, 0.5) is 0 Å². The molecule has 4 N–H and O–H groups in total. The highest BCUT2D eigenvalue weighted by Gasteiger charge is 2.34. The quantitative estimate of drug-likeness (QED) is 0.625.